The van der Waals surface area contributed by atoms with Gasteiger partial charge in [0.05, 0.1) is 18.2 Å². The highest BCUT2D eigenvalue weighted by Gasteiger charge is 2.15. The van der Waals surface area contributed by atoms with Crippen molar-refractivity contribution in [3.63, 3.8) is 0 Å². The summed E-state index contributed by atoms with van der Waals surface area (Å²) >= 11 is 1.55. The van der Waals surface area contributed by atoms with Crippen molar-refractivity contribution in [2.24, 2.45) is 0 Å². The van der Waals surface area contributed by atoms with E-state index in [4.69, 9.17) is 4.74 Å². The van der Waals surface area contributed by atoms with Gasteiger partial charge in [-0.2, -0.15) is 0 Å². The second-order valence-electron chi connectivity index (χ2n) is 3.70. The topological polar surface area (TPSA) is 55.2 Å². The zero-order valence-corrected chi connectivity index (χ0v) is 10.6. The summed E-state index contributed by atoms with van der Waals surface area (Å²) in [6, 6.07) is 3.60. The third-order valence-electron chi connectivity index (χ3n) is 2.39. The van der Waals surface area contributed by atoms with Gasteiger partial charge in [-0.25, -0.2) is 9.97 Å². The molecule has 2 aromatic rings. The van der Waals surface area contributed by atoms with Crippen LogP contribution < -0.4 is 4.74 Å². The summed E-state index contributed by atoms with van der Waals surface area (Å²) in [4.78, 5) is 8.39. The molecule has 0 aromatic carbocycles. The lowest BCUT2D eigenvalue weighted by Gasteiger charge is -2.12. The molecule has 2 rings (SSSR count). The molecule has 1 N–H and O–H groups in total. The number of thiazole rings is 1. The van der Waals surface area contributed by atoms with Gasteiger partial charge in [-0.05, 0) is 19.1 Å². The molecule has 0 amide bonds. The Morgan fingerprint density at radius 3 is 3.00 bits per heavy atom. The molecule has 0 spiro atoms. The van der Waals surface area contributed by atoms with Crippen molar-refractivity contribution in [3.8, 4) is 5.88 Å². The SMILES string of the molecule is COc1ncccc1C(O)Cc1nc(C)cs1. The predicted molar refractivity (Wildman–Crippen MR) is 66.3 cm³/mol. The third-order valence-corrected chi connectivity index (χ3v) is 3.38. The molecule has 0 fully saturated rings. The van der Waals surface area contributed by atoms with Crippen molar-refractivity contribution in [2.45, 2.75) is 19.4 Å². The largest absolute Gasteiger partial charge is 0.481 e. The normalized spacial score (nSPS) is 12.4. The molecule has 90 valence electrons. The summed E-state index contributed by atoms with van der Waals surface area (Å²) in [7, 11) is 1.55. The molecule has 0 bridgehead atoms. The molecule has 4 nitrogen and oxygen atoms in total. The molecule has 0 aliphatic rings. The molecule has 0 saturated carbocycles. The maximum Gasteiger partial charge on any atom is 0.218 e. The zero-order valence-electron chi connectivity index (χ0n) is 9.75. The number of methoxy groups -OCH3 is 1. The van der Waals surface area contributed by atoms with Gasteiger partial charge in [-0.3, -0.25) is 0 Å². The maximum atomic E-state index is 10.1. The molecule has 0 saturated heterocycles. The zero-order chi connectivity index (χ0) is 12.3. The van der Waals surface area contributed by atoms with Crippen LogP contribution in [0.4, 0.5) is 0 Å². The van der Waals surface area contributed by atoms with Gasteiger partial charge in [-0.15, -0.1) is 11.3 Å². The highest BCUT2D eigenvalue weighted by molar-refractivity contribution is 7.09. The Balaban J connectivity index is 2.16. The number of aliphatic hydroxyl groups is 1. The minimum atomic E-state index is -0.635. The fourth-order valence-electron chi connectivity index (χ4n) is 1.60. The summed E-state index contributed by atoms with van der Waals surface area (Å²) in [5.41, 5.74) is 1.68. The number of aromatic nitrogens is 2. The highest BCUT2D eigenvalue weighted by atomic mass is 32.1. The summed E-state index contributed by atoms with van der Waals surface area (Å²) in [6.07, 6.45) is 1.49. The average molecular weight is 250 g/mol. The van der Waals surface area contributed by atoms with Crippen molar-refractivity contribution in [3.05, 3.63) is 40.0 Å². The molecule has 0 aliphatic carbocycles. The van der Waals surface area contributed by atoms with Gasteiger partial charge >= 0.3 is 0 Å². The van der Waals surface area contributed by atoms with Crippen LogP contribution in [0.25, 0.3) is 0 Å². The van der Waals surface area contributed by atoms with Crippen LogP contribution >= 0.6 is 11.3 Å². The van der Waals surface area contributed by atoms with Crippen LogP contribution in [0.3, 0.4) is 0 Å². The maximum absolute atomic E-state index is 10.1. The van der Waals surface area contributed by atoms with Crippen LogP contribution in [0.1, 0.15) is 22.4 Å². The first kappa shape index (κ1) is 12.0. The molecule has 1 unspecified atom stereocenters. The minimum absolute atomic E-state index is 0.466. The Labute approximate surface area is 104 Å². The number of aryl methyl sites for hydroxylation is 1. The van der Waals surface area contributed by atoms with E-state index in [0.717, 1.165) is 10.7 Å². The van der Waals surface area contributed by atoms with Crippen molar-refractivity contribution in [2.75, 3.05) is 7.11 Å². The molecule has 17 heavy (non-hydrogen) atoms. The van der Waals surface area contributed by atoms with Crippen LogP contribution in [0.2, 0.25) is 0 Å². The minimum Gasteiger partial charge on any atom is -0.481 e. The number of nitrogens with zero attached hydrogens (tertiary/aromatic N) is 2. The first-order valence-corrected chi connectivity index (χ1v) is 6.16. The molecule has 2 aromatic heterocycles. The van der Waals surface area contributed by atoms with E-state index in [9.17, 15) is 5.11 Å². The van der Waals surface area contributed by atoms with Crippen LogP contribution in [0.15, 0.2) is 23.7 Å². The Hall–Kier alpha value is -1.46. The van der Waals surface area contributed by atoms with E-state index in [2.05, 4.69) is 9.97 Å². The quantitative estimate of drug-likeness (QED) is 0.903. The van der Waals surface area contributed by atoms with Crippen LogP contribution in [0.5, 0.6) is 5.88 Å². The molecule has 5 heteroatoms. The number of hydrogen-bond donors (Lipinski definition) is 1. The Bertz CT molecular complexity index is 499. The van der Waals surface area contributed by atoms with Gasteiger partial charge < -0.3 is 9.84 Å². The lowest BCUT2D eigenvalue weighted by Crippen LogP contribution is -2.05. The average Bonchev–Trinajstić information content (AvgIpc) is 2.74. The van der Waals surface area contributed by atoms with Crippen molar-refractivity contribution < 1.29 is 9.84 Å². The van der Waals surface area contributed by atoms with E-state index < -0.39 is 6.10 Å². The highest BCUT2D eigenvalue weighted by Crippen LogP contribution is 2.26. The Kier molecular flexibility index (Phi) is 3.71. The second-order valence-corrected chi connectivity index (χ2v) is 4.65. The fraction of sp³-hybridized carbons (Fsp3) is 0.333. The number of rotatable bonds is 4. The summed E-state index contributed by atoms with van der Waals surface area (Å²) < 4.78 is 5.12. The van der Waals surface area contributed by atoms with E-state index in [0.29, 0.717) is 17.9 Å². The van der Waals surface area contributed by atoms with Crippen LogP contribution in [-0.4, -0.2) is 22.2 Å². The lowest BCUT2D eigenvalue weighted by molar-refractivity contribution is 0.173. The monoisotopic (exact) mass is 250 g/mol. The summed E-state index contributed by atoms with van der Waals surface area (Å²) in [5.74, 6) is 0.466. The molecular weight excluding hydrogens is 236 g/mol. The molecule has 1 atom stereocenters. The van der Waals surface area contributed by atoms with E-state index in [-0.39, 0.29) is 0 Å². The second kappa shape index (κ2) is 5.25. The number of aliphatic hydroxyl groups excluding tert-OH is 1. The molecule has 2 heterocycles. The molecular formula is C12H14N2O2S. The smallest absolute Gasteiger partial charge is 0.218 e. The molecule has 0 aliphatic heterocycles. The molecule has 0 radical (unpaired) electrons. The van der Waals surface area contributed by atoms with Gasteiger partial charge in [0.15, 0.2) is 0 Å². The number of ether oxygens (including phenoxy) is 1. The Morgan fingerprint density at radius 1 is 1.53 bits per heavy atom. The van der Waals surface area contributed by atoms with Crippen molar-refractivity contribution in [1.29, 1.82) is 0 Å². The lowest BCUT2D eigenvalue weighted by atomic mass is 10.1. The van der Waals surface area contributed by atoms with Crippen molar-refractivity contribution in [1.82, 2.24) is 9.97 Å². The predicted octanol–water partition coefficient (Wildman–Crippen LogP) is 2.13. The van der Waals surface area contributed by atoms with Gasteiger partial charge in [-0.1, -0.05) is 0 Å². The number of hydrogen-bond acceptors (Lipinski definition) is 5. The first-order valence-electron chi connectivity index (χ1n) is 5.28. The fourth-order valence-corrected chi connectivity index (χ4v) is 2.41. The van der Waals surface area contributed by atoms with Crippen LogP contribution in [-0.2, 0) is 6.42 Å². The van der Waals surface area contributed by atoms with Gasteiger partial charge in [0.1, 0.15) is 0 Å². The number of pyridine rings is 1. The van der Waals surface area contributed by atoms with E-state index in [1.54, 1.807) is 30.7 Å². The standard InChI is InChI=1S/C12H14N2O2S/c1-8-7-17-11(14-8)6-10(15)9-4-3-5-13-12(9)16-2/h3-5,7,10,15H,6H2,1-2H3. The summed E-state index contributed by atoms with van der Waals surface area (Å²) in [5, 5.41) is 13.0. The van der Waals surface area contributed by atoms with E-state index in [1.165, 1.54) is 0 Å². The third kappa shape index (κ3) is 2.81. The van der Waals surface area contributed by atoms with Gasteiger partial charge in [0.2, 0.25) is 5.88 Å². The first-order chi connectivity index (χ1) is 8.20. The van der Waals surface area contributed by atoms with Gasteiger partial charge in [0, 0.05) is 29.3 Å². The van der Waals surface area contributed by atoms with E-state index >= 15 is 0 Å². The van der Waals surface area contributed by atoms with Crippen LogP contribution in [0, 0.1) is 6.92 Å². The Morgan fingerprint density at radius 2 is 2.35 bits per heavy atom. The van der Waals surface area contributed by atoms with Gasteiger partial charge in [0.25, 0.3) is 0 Å². The summed E-state index contributed by atoms with van der Waals surface area (Å²) in [6.45, 7) is 1.94. The van der Waals surface area contributed by atoms with E-state index in [1.807, 2.05) is 18.4 Å². The van der Waals surface area contributed by atoms with Crippen molar-refractivity contribution >= 4 is 11.3 Å².